The molecule has 0 aliphatic carbocycles. The Hall–Kier alpha value is -1.40. The van der Waals surface area contributed by atoms with Crippen molar-refractivity contribution in [3.8, 4) is 0 Å². The van der Waals surface area contributed by atoms with Crippen molar-refractivity contribution in [3.63, 3.8) is 0 Å². The number of aryl methyl sites for hydroxylation is 1. The molecule has 2 aromatic rings. The molecule has 0 aliphatic rings. The number of nitrogens with one attached hydrogen (secondary N) is 2. The third-order valence-electron chi connectivity index (χ3n) is 2.89. The van der Waals surface area contributed by atoms with E-state index in [-0.39, 0.29) is 17.7 Å². The summed E-state index contributed by atoms with van der Waals surface area (Å²) in [6.07, 6.45) is 0.937. The first kappa shape index (κ1) is 16.0. The number of carbonyl (C=O) groups excluding carboxylic acids is 1. The van der Waals surface area contributed by atoms with Gasteiger partial charge in [0.2, 0.25) is 11.2 Å². The van der Waals surface area contributed by atoms with E-state index in [1.807, 2.05) is 6.07 Å². The summed E-state index contributed by atoms with van der Waals surface area (Å²) in [4.78, 5) is 22.2. The van der Waals surface area contributed by atoms with Gasteiger partial charge >= 0.3 is 0 Å². The van der Waals surface area contributed by atoms with Gasteiger partial charge < -0.3 is 10.6 Å². The molecule has 0 saturated heterocycles. The smallest absolute Gasteiger partial charge is 0.239 e. The summed E-state index contributed by atoms with van der Waals surface area (Å²) < 4.78 is 0. The topological polar surface area (TPSA) is 66.9 Å². The minimum absolute atomic E-state index is 0.0578. The van der Waals surface area contributed by atoms with Crippen molar-refractivity contribution in [2.24, 2.45) is 5.92 Å². The fourth-order valence-electron chi connectivity index (χ4n) is 1.80. The second-order valence-electron chi connectivity index (χ2n) is 5.18. The molecule has 2 N–H and O–H groups in total. The van der Waals surface area contributed by atoms with Gasteiger partial charge in [0.1, 0.15) is 10.6 Å². The van der Waals surface area contributed by atoms with Crippen LogP contribution in [0.4, 0.5) is 5.82 Å². The van der Waals surface area contributed by atoms with Crippen molar-refractivity contribution in [3.05, 3.63) is 16.2 Å². The van der Waals surface area contributed by atoms with E-state index in [2.05, 4.69) is 41.4 Å². The van der Waals surface area contributed by atoms with Gasteiger partial charge in [-0.15, -0.1) is 11.3 Å². The van der Waals surface area contributed by atoms with E-state index >= 15 is 0 Å². The number of fused-ring (bicyclic) bond motifs is 1. The highest BCUT2D eigenvalue weighted by atomic mass is 35.5. The summed E-state index contributed by atoms with van der Waals surface area (Å²) >= 11 is 7.54. The van der Waals surface area contributed by atoms with E-state index < -0.39 is 0 Å². The van der Waals surface area contributed by atoms with E-state index in [9.17, 15) is 4.79 Å². The lowest BCUT2D eigenvalue weighted by Gasteiger charge is -2.09. The maximum atomic E-state index is 11.8. The number of aromatic nitrogens is 2. The Balaban J connectivity index is 2.10. The van der Waals surface area contributed by atoms with E-state index in [0.717, 1.165) is 16.6 Å². The minimum atomic E-state index is -0.0578. The van der Waals surface area contributed by atoms with E-state index in [1.54, 1.807) is 11.3 Å². The van der Waals surface area contributed by atoms with Gasteiger partial charge in [-0.05, 0) is 30.0 Å². The lowest BCUT2D eigenvalue weighted by Crippen LogP contribution is -2.32. The fourth-order valence-corrected chi connectivity index (χ4v) is 2.99. The van der Waals surface area contributed by atoms with E-state index in [0.29, 0.717) is 18.3 Å². The summed E-state index contributed by atoms with van der Waals surface area (Å²) in [7, 11) is 0. The van der Waals surface area contributed by atoms with Gasteiger partial charge in [-0.1, -0.05) is 20.8 Å². The summed E-state index contributed by atoms with van der Waals surface area (Å²) in [6.45, 7) is 7.04. The van der Waals surface area contributed by atoms with Crippen LogP contribution in [0.3, 0.4) is 0 Å². The number of rotatable bonds is 6. The SMILES string of the molecule is CCc1cc2c(NCC(=O)NCC(C)C)nc(Cl)nc2s1. The number of anilines is 1. The van der Waals surface area contributed by atoms with Crippen LogP contribution in [-0.2, 0) is 11.2 Å². The highest BCUT2D eigenvalue weighted by molar-refractivity contribution is 7.18. The molecule has 0 bridgehead atoms. The van der Waals surface area contributed by atoms with Crippen molar-refractivity contribution in [2.45, 2.75) is 27.2 Å². The number of amides is 1. The first-order valence-corrected chi connectivity index (χ1v) is 8.15. The van der Waals surface area contributed by atoms with Crippen LogP contribution in [0.5, 0.6) is 0 Å². The quantitative estimate of drug-likeness (QED) is 0.800. The Morgan fingerprint density at radius 3 is 2.86 bits per heavy atom. The van der Waals surface area contributed by atoms with Gasteiger partial charge in [0.15, 0.2) is 0 Å². The largest absolute Gasteiger partial charge is 0.360 e. The number of halogens is 1. The van der Waals surface area contributed by atoms with Crippen LogP contribution in [0, 0.1) is 5.92 Å². The molecule has 0 spiro atoms. The maximum absolute atomic E-state index is 11.8. The van der Waals surface area contributed by atoms with Crippen LogP contribution in [0.15, 0.2) is 6.07 Å². The highest BCUT2D eigenvalue weighted by Gasteiger charge is 2.11. The summed E-state index contributed by atoms with van der Waals surface area (Å²) in [5.41, 5.74) is 0. The van der Waals surface area contributed by atoms with Crippen LogP contribution in [0.2, 0.25) is 5.28 Å². The van der Waals surface area contributed by atoms with Crippen molar-refractivity contribution in [1.82, 2.24) is 15.3 Å². The van der Waals surface area contributed by atoms with Crippen LogP contribution < -0.4 is 10.6 Å². The van der Waals surface area contributed by atoms with Gasteiger partial charge in [0.25, 0.3) is 0 Å². The number of thiophene rings is 1. The predicted octanol–water partition coefficient (Wildman–Crippen LogP) is 3.09. The van der Waals surface area contributed by atoms with Crippen LogP contribution in [-0.4, -0.2) is 29.0 Å². The fraction of sp³-hybridized carbons (Fsp3) is 0.500. The third kappa shape index (κ3) is 4.28. The molecule has 7 heteroatoms. The Morgan fingerprint density at radius 2 is 2.19 bits per heavy atom. The van der Waals surface area contributed by atoms with Gasteiger partial charge in [0.05, 0.1) is 11.9 Å². The van der Waals surface area contributed by atoms with Crippen LogP contribution >= 0.6 is 22.9 Å². The highest BCUT2D eigenvalue weighted by Crippen LogP contribution is 2.30. The molecule has 2 aromatic heterocycles. The van der Waals surface area contributed by atoms with Gasteiger partial charge in [-0.25, -0.2) is 9.97 Å². The average Bonchev–Trinajstić information content (AvgIpc) is 2.85. The van der Waals surface area contributed by atoms with E-state index in [1.165, 1.54) is 4.88 Å². The third-order valence-corrected chi connectivity index (χ3v) is 4.23. The van der Waals surface area contributed by atoms with Crippen LogP contribution in [0.25, 0.3) is 10.2 Å². The zero-order valence-corrected chi connectivity index (χ0v) is 13.9. The lowest BCUT2D eigenvalue weighted by atomic mass is 10.2. The van der Waals surface area contributed by atoms with Crippen molar-refractivity contribution >= 4 is 44.9 Å². The number of hydrogen-bond acceptors (Lipinski definition) is 5. The average molecular weight is 327 g/mol. The molecule has 0 fully saturated rings. The Morgan fingerprint density at radius 1 is 1.43 bits per heavy atom. The molecule has 0 atom stereocenters. The zero-order chi connectivity index (χ0) is 15.4. The first-order chi connectivity index (χ1) is 9.99. The Bertz CT molecular complexity index is 641. The first-order valence-electron chi connectivity index (χ1n) is 6.96. The van der Waals surface area contributed by atoms with Crippen molar-refractivity contribution in [2.75, 3.05) is 18.4 Å². The molecule has 114 valence electrons. The molecule has 21 heavy (non-hydrogen) atoms. The molecule has 0 saturated carbocycles. The summed E-state index contributed by atoms with van der Waals surface area (Å²) in [5.74, 6) is 0.983. The second kappa shape index (κ2) is 7.04. The molecular weight excluding hydrogens is 308 g/mol. The molecule has 0 aliphatic heterocycles. The number of carbonyl (C=O) groups is 1. The van der Waals surface area contributed by atoms with Crippen molar-refractivity contribution < 1.29 is 4.79 Å². The van der Waals surface area contributed by atoms with Crippen molar-refractivity contribution in [1.29, 1.82) is 0 Å². The Labute approximate surface area is 133 Å². The molecule has 2 rings (SSSR count). The van der Waals surface area contributed by atoms with Gasteiger partial charge in [0, 0.05) is 11.4 Å². The summed E-state index contributed by atoms with van der Waals surface area (Å²) in [5, 5.41) is 7.01. The molecule has 0 radical (unpaired) electrons. The zero-order valence-electron chi connectivity index (χ0n) is 12.4. The summed E-state index contributed by atoms with van der Waals surface area (Å²) in [6, 6.07) is 2.05. The van der Waals surface area contributed by atoms with Crippen LogP contribution in [0.1, 0.15) is 25.6 Å². The number of hydrogen-bond donors (Lipinski definition) is 2. The monoisotopic (exact) mass is 326 g/mol. The molecular formula is C14H19ClN4OS. The standard InChI is InChI=1S/C14H19ClN4OS/c1-4-9-5-10-12(18-14(15)19-13(10)21-9)17-7-11(20)16-6-8(2)3/h5,8H,4,6-7H2,1-3H3,(H,16,20)(H,17,18,19). The Kier molecular flexibility index (Phi) is 5.36. The normalized spacial score (nSPS) is 11.1. The molecule has 0 unspecified atom stereocenters. The minimum Gasteiger partial charge on any atom is -0.360 e. The van der Waals surface area contributed by atoms with Gasteiger partial charge in [-0.2, -0.15) is 0 Å². The molecule has 5 nitrogen and oxygen atoms in total. The lowest BCUT2D eigenvalue weighted by molar-refractivity contribution is -0.119. The van der Waals surface area contributed by atoms with Gasteiger partial charge in [-0.3, -0.25) is 4.79 Å². The molecule has 2 heterocycles. The molecule has 0 aromatic carbocycles. The predicted molar refractivity (Wildman–Crippen MR) is 88.1 cm³/mol. The van der Waals surface area contributed by atoms with E-state index in [4.69, 9.17) is 11.6 Å². The maximum Gasteiger partial charge on any atom is 0.239 e. The second-order valence-corrected chi connectivity index (χ2v) is 6.63. The molecule has 1 amide bonds. The number of nitrogens with zero attached hydrogens (tertiary/aromatic N) is 2.